The van der Waals surface area contributed by atoms with Crippen LogP contribution in [-0.4, -0.2) is 5.91 Å². The van der Waals surface area contributed by atoms with Gasteiger partial charge in [0.15, 0.2) is 0 Å². The molecule has 1 unspecified atom stereocenters. The molecule has 0 aromatic heterocycles. The minimum Gasteiger partial charge on any atom is -0.320 e. The minimum absolute atomic E-state index is 0.255. The summed E-state index contributed by atoms with van der Waals surface area (Å²) in [5, 5.41) is 11.0. The van der Waals surface area contributed by atoms with E-state index >= 15 is 0 Å². The van der Waals surface area contributed by atoms with Gasteiger partial charge in [-0.25, -0.2) is 8.78 Å². The van der Waals surface area contributed by atoms with Crippen LogP contribution in [0.2, 0.25) is 0 Å². The van der Waals surface area contributed by atoms with Gasteiger partial charge in [0.25, 0.3) is 0 Å². The van der Waals surface area contributed by atoms with Crippen molar-refractivity contribution in [3.63, 3.8) is 0 Å². The molecule has 0 aliphatic rings. The van der Waals surface area contributed by atoms with Crippen molar-refractivity contribution in [3.8, 4) is 6.07 Å². The number of nitrogens with one attached hydrogen (secondary N) is 1. The molecule has 0 aliphatic heterocycles. The third-order valence-corrected chi connectivity index (χ3v) is 2.66. The number of anilines is 1. The van der Waals surface area contributed by atoms with E-state index in [0.717, 1.165) is 12.1 Å². The molecule has 17 heavy (non-hydrogen) atoms. The third-order valence-electron chi connectivity index (χ3n) is 2.66. The fourth-order valence-electron chi connectivity index (χ4n) is 1.16. The second-order valence-electron chi connectivity index (χ2n) is 3.85. The Hall–Kier alpha value is -1.96. The van der Waals surface area contributed by atoms with Gasteiger partial charge in [0.05, 0.1) is 6.07 Å². The van der Waals surface area contributed by atoms with Gasteiger partial charge in [-0.1, -0.05) is 13.0 Å². The van der Waals surface area contributed by atoms with Crippen molar-refractivity contribution in [1.29, 1.82) is 5.26 Å². The van der Waals surface area contributed by atoms with Crippen molar-refractivity contribution >= 4 is 11.6 Å². The van der Waals surface area contributed by atoms with Crippen LogP contribution in [0.15, 0.2) is 18.2 Å². The van der Waals surface area contributed by atoms with Crippen LogP contribution in [0, 0.1) is 28.4 Å². The summed E-state index contributed by atoms with van der Waals surface area (Å²) in [5.74, 6) is -2.45. The van der Waals surface area contributed by atoms with E-state index in [1.165, 1.54) is 13.0 Å². The molecule has 0 spiro atoms. The summed E-state index contributed by atoms with van der Waals surface area (Å²) >= 11 is 0. The van der Waals surface area contributed by atoms with Crippen LogP contribution in [0.5, 0.6) is 0 Å². The van der Waals surface area contributed by atoms with Crippen molar-refractivity contribution in [1.82, 2.24) is 0 Å². The Kier molecular flexibility index (Phi) is 3.79. The fourth-order valence-corrected chi connectivity index (χ4v) is 1.16. The molecule has 5 heteroatoms. The number of carbonyl (C=O) groups is 1. The maximum Gasteiger partial charge on any atom is 0.244 e. The monoisotopic (exact) mass is 238 g/mol. The van der Waals surface area contributed by atoms with E-state index in [1.807, 2.05) is 6.07 Å². The number of benzene rings is 1. The second-order valence-corrected chi connectivity index (χ2v) is 3.85. The standard InChI is InChI=1S/C12H12F2N2O/c1-3-12(2,7-15)11(17)16-10-8(13)5-4-6-9(10)14/h4-6H,3H2,1-2H3,(H,16,17). The number of nitrogens with zero attached hydrogens (tertiary/aromatic N) is 1. The lowest BCUT2D eigenvalue weighted by Crippen LogP contribution is -2.32. The average Bonchev–Trinajstić information content (AvgIpc) is 2.32. The van der Waals surface area contributed by atoms with E-state index in [0.29, 0.717) is 0 Å². The molecule has 0 bridgehead atoms. The highest BCUT2D eigenvalue weighted by Gasteiger charge is 2.32. The van der Waals surface area contributed by atoms with Crippen LogP contribution in [0.1, 0.15) is 20.3 Å². The molecule has 1 atom stereocenters. The minimum atomic E-state index is -1.30. The molecule has 0 saturated carbocycles. The van der Waals surface area contributed by atoms with Gasteiger partial charge in [-0.3, -0.25) is 4.79 Å². The first-order chi connectivity index (χ1) is 7.94. The molecule has 90 valence electrons. The molecule has 1 amide bonds. The fraction of sp³-hybridized carbons (Fsp3) is 0.333. The maximum atomic E-state index is 13.3. The smallest absolute Gasteiger partial charge is 0.244 e. The average molecular weight is 238 g/mol. The molecular weight excluding hydrogens is 226 g/mol. The molecule has 0 heterocycles. The summed E-state index contributed by atoms with van der Waals surface area (Å²) in [6.45, 7) is 3.07. The van der Waals surface area contributed by atoms with E-state index in [9.17, 15) is 13.6 Å². The molecule has 1 aromatic carbocycles. The van der Waals surface area contributed by atoms with Gasteiger partial charge < -0.3 is 5.32 Å². The number of hydrogen-bond acceptors (Lipinski definition) is 2. The van der Waals surface area contributed by atoms with E-state index in [2.05, 4.69) is 5.32 Å². The van der Waals surface area contributed by atoms with Crippen molar-refractivity contribution in [2.24, 2.45) is 5.41 Å². The molecule has 1 N–H and O–H groups in total. The van der Waals surface area contributed by atoms with Gasteiger partial charge in [-0.2, -0.15) is 5.26 Å². The topological polar surface area (TPSA) is 52.9 Å². The molecule has 0 radical (unpaired) electrons. The van der Waals surface area contributed by atoms with Crippen LogP contribution in [0.25, 0.3) is 0 Å². The highest BCUT2D eigenvalue weighted by atomic mass is 19.1. The van der Waals surface area contributed by atoms with Gasteiger partial charge in [0.2, 0.25) is 5.91 Å². The zero-order valence-corrected chi connectivity index (χ0v) is 9.55. The van der Waals surface area contributed by atoms with Crippen molar-refractivity contribution in [3.05, 3.63) is 29.8 Å². The maximum absolute atomic E-state index is 13.3. The van der Waals surface area contributed by atoms with E-state index < -0.39 is 28.6 Å². The zero-order valence-electron chi connectivity index (χ0n) is 9.55. The van der Waals surface area contributed by atoms with E-state index in [-0.39, 0.29) is 6.42 Å². The highest BCUT2D eigenvalue weighted by Crippen LogP contribution is 2.25. The van der Waals surface area contributed by atoms with Gasteiger partial charge in [0.1, 0.15) is 22.7 Å². The van der Waals surface area contributed by atoms with Gasteiger partial charge in [-0.05, 0) is 25.5 Å². The lowest BCUT2D eigenvalue weighted by molar-refractivity contribution is -0.122. The molecule has 3 nitrogen and oxygen atoms in total. The Labute approximate surface area is 98.1 Å². The Morgan fingerprint density at radius 1 is 1.47 bits per heavy atom. The van der Waals surface area contributed by atoms with Crippen molar-refractivity contribution < 1.29 is 13.6 Å². The quantitative estimate of drug-likeness (QED) is 0.880. The van der Waals surface area contributed by atoms with Gasteiger partial charge >= 0.3 is 0 Å². The molecule has 1 aromatic rings. The zero-order chi connectivity index (χ0) is 13.1. The summed E-state index contributed by atoms with van der Waals surface area (Å²) in [7, 11) is 0. The van der Waals surface area contributed by atoms with Crippen LogP contribution >= 0.6 is 0 Å². The van der Waals surface area contributed by atoms with E-state index in [4.69, 9.17) is 5.26 Å². The Balaban J connectivity index is 3.01. The Morgan fingerprint density at radius 2 is 2.00 bits per heavy atom. The molecule has 0 saturated heterocycles. The first-order valence-corrected chi connectivity index (χ1v) is 5.11. The number of rotatable bonds is 3. The summed E-state index contributed by atoms with van der Waals surface area (Å²) in [5.41, 5.74) is -1.82. The highest BCUT2D eigenvalue weighted by molar-refractivity contribution is 5.97. The molecular formula is C12H12F2N2O. The Morgan fingerprint density at radius 3 is 2.41 bits per heavy atom. The largest absolute Gasteiger partial charge is 0.320 e. The molecule has 1 rings (SSSR count). The predicted molar refractivity (Wildman–Crippen MR) is 59.0 cm³/mol. The molecule has 0 aliphatic carbocycles. The number of halogens is 2. The van der Waals surface area contributed by atoms with E-state index in [1.54, 1.807) is 6.92 Å². The van der Waals surface area contributed by atoms with Crippen molar-refractivity contribution in [2.45, 2.75) is 20.3 Å². The molecule has 0 fully saturated rings. The Bertz CT molecular complexity index is 462. The summed E-state index contributed by atoms with van der Waals surface area (Å²) < 4.78 is 26.5. The normalized spacial score (nSPS) is 13.6. The summed E-state index contributed by atoms with van der Waals surface area (Å²) in [6.07, 6.45) is 0.255. The van der Waals surface area contributed by atoms with Crippen molar-refractivity contribution in [2.75, 3.05) is 5.32 Å². The SMILES string of the molecule is CCC(C)(C#N)C(=O)Nc1c(F)cccc1F. The number of amides is 1. The summed E-state index contributed by atoms with van der Waals surface area (Å²) in [6, 6.07) is 5.10. The van der Waals surface area contributed by atoms with Crippen LogP contribution < -0.4 is 5.32 Å². The lowest BCUT2D eigenvalue weighted by atomic mass is 9.88. The number of para-hydroxylation sites is 1. The lowest BCUT2D eigenvalue weighted by Gasteiger charge is -2.18. The second kappa shape index (κ2) is 4.91. The third kappa shape index (κ3) is 2.59. The van der Waals surface area contributed by atoms with Crippen LogP contribution in [-0.2, 0) is 4.79 Å². The predicted octanol–water partition coefficient (Wildman–Crippen LogP) is 2.84. The number of hydrogen-bond donors (Lipinski definition) is 1. The first-order valence-electron chi connectivity index (χ1n) is 5.11. The van der Waals surface area contributed by atoms with Gasteiger partial charge in [-0.15, -0.1) is 0 Å². The number of carbonyl (C=O) groups excluding carboxylic acids is 1. The summed E-state index contributed by atoms with van der Waals surface area (Å²) in [4.78, 5) is 11.7. The first kappa shape index (κ1) is 13.1. The van der Waals surface area contributed by atoms with Crippen LogP contribution in [0.4, 0.5) is 14.5 Å². The number of nitriles is 1. The van der Waals surface area contributed by atoms with Gasteiger partial charge in [0, 0.05) is 0 Å². The van der Waals surface area contributed by atoms with Crippen LogP contribution in [0.3, 0.4) is 0 Å².